The van der Waals surface area contributed by atoms with Crippen molar-refractivity contribution in [3.05, 3.63) is 41.5 Å². The maximum absolute atomic E-state index is 9.07. The highest BCUT2D eigenvalue weighted by Crippen LogP contribution is 2.36. The Morgan fingerprint density at radius 2 is 2.15 bits per heavy atom. The van der Waals surface area contributed by atoms with Crippen LogP contribution in [-0.2, 0) is 11.2 Å². The van der Waals surface area contributed by atoms with Crippen molar-refractivity contribution in [3.8, 4) is 0 Å². The van der Waals surface area contributed by atoms with Gasteiger partial charge in [0, 0.05) is 12.3 Å². The summed E-state index contributed by atoms with van der Waals surface area (Å²) in [7, 11) is 0. The third-order valence-electron chi connectivity index (χ3n) is 3.35. The van der Waals surface area contributed by atoms with Crippen molar-refractivity contribution in [2.24, 2.45) is 4.99 Å². The van der Waals surface area contributed by atoms with Crippen LogP contribution in [0.5, 0.6) is 0 Å². The summed E-state index contributed by atoms with van der Waals surface area (Å²) in [5.74, 6) is 0.386. The fourth-order valence-electron chi connectivity index (χ4n) is 2.38. The van der Waals surface area contributed by atoms with Crippen LogP contribution in [0.3, 0.4) is 0 Å². The molecule has 1 aromatic carbocycles. The number of hydrogen-bond acceptors (Lipinski definition) is 5. The van der Waals surface area contributed by atoms with Gasteiger partial charge in [-0.05, 0) is 23.1 Å². The van der Waals surface area contributed by atoms with Crippen LogP contribution in [0.1, 0.15) is 17.0 Å². The second-order valence-corrected chi connectivity index (χ2v) is 4.72. The van der Waals surface area contributed by atoms with Gasteiger partial charge in [-0.2, -0.15) is 0 Å². The Morgan fingerprint density at radius 1 is 1.35 bits per heavy atom. The van der Waals surface area contributed by atoms with E-state index in [1.54, 1.807) is 0 Å². The zero-order valence-electron chi connectivity index (χ0n) is 11.4. The first kappa shape index (κ1) is 14.6. The second kappa shape index (κ2) is 6.54. The van der Waals surface area contributed by atoms with Crippen molar-refractivity contribution >= 4 is 11.6 Å². The van der Waals surface area contributed by atoms with Crippen LogP contribution in [0, 0.1) is 0 Å². The molecular weight excluding hydrogens is 256 g/mol. The summed E-state index contributed by atoms with van der Waals surface area (Å²) in [6.45, 7) is 4.77. The van der Waals surface area contributed by atoms with E-state index in [9.17, 15) is 0 Å². The standard InChI is InChI=1S/C15H20N2O3/c1-10-9-20-15(17-6-8-19)13(10)12-4-2-3-11(5-7-18)14(12)16/h2-4,13,18-19H,1,5-9,16H2. The van der Waals surface area contributed by atoms with E-state index >= 15 is 0 Å². The lowest BCUT2D eigenvalue weighted by Crippen LogP contribution is -2.13. The van der Waals surface area contributed by atoms with Crippen LogP contribution < -0.4 is 5.73 Å². The maximum Gasteiger partial charge on any atom is 0.195 e. The van der Waals surface area contributed by atoms with Gasteiger partial charge in [-0.1, -0.05) is 24.8 Å². The minimum absolute atomic E-state index is 0.0217. The number of aliphatic hydroxyl groups excluding tert-OH is 2. The van der Waals surface area contributed by atoms with Crippen LogP contribution in [0.4, 0.5) is 5.69 Å². The van der Waals surface area contributed by atoms with Crippen molar-refractivity contribution in [2.45, 2.75) is 12.3 Å². The van der Waals surface area contributed by atoms with E-state index in [1.807, 2.05) is 18.2 Å². The zero-order valence-corrected chi connectivity index (χ0v) is 11.4. The average molecular weight is 276 g/mol. The largest absolute Gasteiger partial charge is 0.476 e. The van der Waals surface area contributed by atoms with Gasteiger partial charge < -0.3 is 20.7 Å². The van der Waals surface area contributed by atoms with E-state index in [0.29, 0.717) is 31.2 Å². The number of nitrogens with zero attached hydrogens (tertiary/aromatic N) is 1. The normalized spacial score (nSPS) is 20.4. The molecule has 0 amide bonds. The van der Waals surface area contributed by atoms with Crippen LogP contribution in [0.2, 0.25) is 0 Å². The molecule has 1 heterocycles. The quantitative estimate of drug-likeness (QED) is 0.550. The molecule has 0 radical (unpaired) electrons. The monoisotopic (exact) mass is 276 g/mol. The number of anilines is 1. The van der Waals surface area contributed by atoms with E-state index in [-0.39, 0.29) is 19.1 Å². The molecule has 1 aliphatic heterocycles. The van der Waals surface area contributed by atoms with Crippen LogP contribution in [0.15, 0.2) is 35.3 Å². The molecule has 0 saturated carbocycles. The summed E-state index contributed by atoms with van der Waals surface area (Å²) in [5.41, 5.74) is 9.54. The number of rotatable bonds is 5. The highest BCUT2D eigenvalue weighted by molar-refractivity contribution is 5.91. The molecule has 0 aromatic heterocycles. The number of aliphatic imine (C=N–C) groups is 1. The second-order valence-electron chi connectivity index (χ2n) is 4.72. The van der Waals surface area contributed by atoms with Gasteiger partial charge in [0.25, 0.3) is 0 Å². The van der Waals surface area contributed by atoms with Crippen LogP contribution in [-0.4, -0.2) is 42.5 Å². The molecule has 1 atom stereocenters. The molecule has 1 aromatic rings. The predicted molar refractivity (Wildman–Crippen MR) is 78.9 cm³/mol. The molecule has 1 unspecified atom stereocenters. The fraction of sp³-hybridized carbons (Fsp3) is 0.400. The summed E-state index contributed by atoms with van der Waals surface area (Å²) in [6.07, 6.45) is 0.517. The first-order valence-corrected chi connectivity index (χ1v) is 6.62. The molecule has 0 bridgehead atoms. The smallest absolute Gasteiger partial charge is 0.195 e. The van der Waals surface area contributed by atoms with E-state index in [0.717, 1.165) is 16.7 Å². The average Bonchev–Trinajstić information content (AvgIpc) is 2.80. The van der Waals surface area contributed by atoms with Gasteiger partial charge >= 0.3 is 0 Å². The highest BCUT2D eigenvalue weighted by atomic mass is 16.5. The molecule has 1 aliphatic rings. The Kier molecular flexibility index (Phi) is 4.76. The van der Waals surface area contributed by atoms with Gasteiger partial charge in [-0.15, -0.1) is 0 Å². The maximum atomic E-state index is 9.07. The molecular formula is C15H20N2O3. The minimum Gasteiger partial charge on any atom is -0.476 e. The Balaban J connectivity index is 2.38. The number of ether oxygens (including phenoxy) is 1. The molecule has 5 heteroatoms. The third kappa shape index (κ3) is 2.84. The number of nitrogens with two attached hydrogens (primary N) is 1. The number of benzene rings is 1. The Labute approximate surface area is 118 Å². The topological polar surface area (TPSA) is 88.1 Å². The lowest BCUT2D eigenvalue weighted by molar-refractivity contribution is 0.300. The van der Waals surface area contributed by atoms with Gasteiger partial charge in [0.15, 0.2) is 5.90 Å². The summed E-state index contributed by atoms with van der Waals surface area (Å²) in [5, 5.41) is 18.0. The molecule has 0 aliphatic carbocycles. The Bertz CT molecular complexity index is 526. The van der Waals surface area contributed by atoms with Gasteiger partial charge in [-0.3, -0.25) is 4.99 Å². The number of hydrogen-bond donors (Lipinski definition) is 3. The van der Waals surface area contributed by atoms with E-state index < -0.39 is 0 Å². The summed E-state index contributed by atoms with van der Waals surface area (Å²) in [6, 6.07) is 5.74. The molecule has 108 valence electrons. The summed E-state index contributed by atoms with van der Waals surface area (Å²) in [4.78, 5) is 4.25. The Morgan fingerprint density at radius 3 is 2.85 bits per heavy atom. The van der Waals surface area contributed by atoms with Crippen molar-refractivity contribution in [2.75, 3.05) is 32.1 Å². The number of para-hydroxylation sites is 1. The SMILES string of the molecule is C=C1COC(=NCCO)C1c1cccc(CCO)c1N. The van der Waals surface area contributed by atoms with E-state index in [1.165, 1.54) is 0 Å². The van der Waals surface area contributed by atoms with Gasteiger partial charge in [0.05, 0.1) is 19.1 Å². The minimum atomic E-state index is -0.166. The van der Waals surface area contributed by atoms with Gasteiger partial charge in [0.2, 0.25) is 0 Å². The third-order valence-corrected chi connectivity index (χ3v) is 3.35. The van der Waals surface area contributed by atoms with Crippen LogP contribution >= 0.6 is 0 Å². The van der Waals surface area contributed by atoms with E-state index in [4.69, 9.17) is 20.7 Å². The van der Waals surface area contributed by atoms with Gasteiger partial charge in [0.1, 0.15) is 6.61 Å². The number of nitrogen functional groups attached to an aromatic ring is 1. The van der Waals surface area contributed by atoms with Gasteiger partial charge in [-0.25, -0.2) is 0 Å². The van der Waals surface area contributed by atoms with Crippen molar-refractivity contribution < 1.29 is 14.9 Å². The molecule has 5 nitrogen and oxygen atoms in total. The summed E-state index contributed by atoms with van der Waals surface area (Å²) >= 11 is 0. The number of aliphatic hydroxyl groups is 2. The van der Waals surface area contributed by atoms with Crippen molar-refractivity contribution in [1.29, 1.82) is 0 Å². The van der Waals surface area contributed by atoms with Crippen LogP contribution in [0.25, 0.3) is 0 Å². The lowest BCUT2D eigenvalue weighted by Gasteiger charge is -2.16. The molecule has 1 fully saturated rings. The highest BCUT2D eigenvalue weighted by Gasteiger charge is 2.31. The van der Waals surface area contributed by atoms with E-state index in [2.05, 4.69) is 11.6 Å². The zero-order chi connectivity index (χ0) is 14.5. The molecule has 4 N–H and O–H groups in total. The first-order valence-electron chi connectivity index (χ1n) is 6.62. The summed E-state index contributed by atoms with van der Waals surface area (Å²) < 4.78 is 5.52. The van der Waals surface area contributed by atoms with Crippen molar-refractivity contribution in [1.82, 2.24) is 0 Å². The molecule has 1 saturated heterocycles. The fourth-order valence-corrected chi connectivity index (χ4v) is 2.38. The predicted octanol–water partition coefficient (Wildman–Crippen LogP) is 0.864. The molecule has 2 rings (SSSR count). The Hall–Kier alpha value is -1.85. The molecule has 20 heavy (non-hydrogen) atoms. The van der Waals surface area contributed by atoms with Crippen molar-refractivity contribution in [3.63, 3.8) is 0 Å². The molecule has 0 spiro atoms. The lowest BCUT2D eigenvalue weighted by atomic mass is 9.90. The first-order chi connectivity index (χ1) is 9.69.